The minimum Gasteiger partial charge on any atom is -0.468 e. The van der Waals surface area contributed by atoms with Gasteiger partial charge >= 0.3 is 21.2 Å². The topological polar surface area (TPSA) is 26.3 Å². The average Bonchev–Trinajstić information content (AvgIpc) is 2.60. The maximum Gasteiger partial charge on any atom is 0.365 e. The van der Waals surface area contributed by atoms with Crippen LogP contribution in [0.25, 0.3) is 0 Å². The molecule has 0 spiro atoms. The van der Waals surface area contributed by atoms with Crippen LogP contribution in [0.15, 0.2) is 46.0 Å². The number of furan rings is 2. The van der Waals surface area contributed by atoms with Gasteiger partial charge in [-0.15, -0.1) is 0 Å². The van der Waals surface area contributed by atoms with Gasteiger partial charge in [-0.2, -0.15) is 0 Å². The lowest BCUT2D eigenvalue weighted by molar-refractivity contribution is -0.598. The summed E-state index contributed by atoms with van der Waals surface area (Å²) in [6.45, 7) is 0. The minimum absolute atomic E-state index is 0.0836. The maximum absolute atomic E-state index is 4.96. The highest BCUT2D eigenvalue weighted by Gasteiger charge is 2.17. The standard InChI is InChI=1S/C8H6IO2/c1-3-10-5-7(1)9-8-2-4-11-6-8/h1-6H/q+1. The van der Waals surface area contributed by atoms with Crippen molar-refractivity contribution in [2.24, 2.45) is 0 Å². The normalized spacial score (nSPS) is 10.2. The first-order valence-corrected chi connectivity index (χ1v) is 5.30. The monoisotopic (exact) mass is 261 g/mol. The third kappa shape index (κ3) is 1.65. The first-order chi connectivity index (χ1) is 5.45. The van der Waals surface area contributed by atoms with E-state index in [9.17, 15) is 0 Å². The fourth-order valence-corrected chi connectivity index (χ4v) is 2.65. The molecule has 0 atom stereocenters. The quantitative estimate of drug-likeness (QED) is 0.648. The highest BCUT2D eigenvalue weighted by molar-refractivity contribution is 4.85. The van der Waals surface area contributed by atoms with E-state index in [2.05, 4.69) is 0 Å². The molecular formula is C8H6IO2+. The molecule has 0 aliphatic heterocycles. The van der Waals surface area contributed by atoms with Crippen LogP contribution < -0.4 is 21.2 Å². The van der Waals surface area contributed by atoms with Crippen molar-refractivity contribution in [2.45, 2.75) is 0 Å². The molecule has 2 rings (SSSR count). The summed E-state index contributed by atoms with van der Waals surface area (Å²) in [5.41, 5.74) is 0. The van der Waals surface area contributed by atoms with Crippen LogP contribution in [-0.2, 0) is 0 Å². The Kier molecular flexibility index (Phi) is 1.98. The summed E-state index contributed by atoms with van der Waals surface area (Å²) in [5.74, 6) is 0. The van der Waals surface area contributed by atoms with Crippen LogP contribution in [0.1, 0.15) is 0 Å². The van der Waals surface area contributed by atoms with Gasteiger partial charge in [0.1, 0.15) is 12.5 Å². The lowest BCUT2D eigenvalue weighted by atomic mass is 10.7. The summed E-state index contributed by atoms with van der Waals surface area (Å²) in [6.07, 6.45) is 6.99. The van der Waals surface area contributed by atoms with E-state index in [1.807, 2.05) is 12.1 Å². The molecule has 0 aliphatic carbocycles. The van der Waals surface area contributed by atoms with Crippen LogP contribution in [0.3, 0.4) is 0 Å². The molecule has 0 radical (unpaired) electrons. The van der Waals surface area contributed by atoms with E-state index in [-0.39, 0.29) is 21.2 Å². The summed E-state index contributed by atoms with van der Waals surface area (Å²) in [5, 5.41) is 0. The molecule has 0 unspecified atom stereocenters. The predicted molar refractivity (Wildman–Crippen MR) is 34.8 cm³/mol. The lowest BCUT2D eigenvalue weighted by Gasteiger charge is -1.67. The van der Waals surface area contributed by atoms with Crippen LogP contribution >= 0.6 is 0 Å². The van der Waals surface area contributed by atoms with Gasteiger partial charge in [0, 0.05) is 12.1 Å². The molecule has 2 aromatic heterocycles. The van der Waals surface area contributed by atoms with Crippen molar-refractivity contribution < 1.29 is 30.0 Å². The van der Waals surface area contributed by atoms with E-state index in [0.29, 0.717) is 0 Å². The average molecular weight is 261 g/mol. The number of rotatable bonds is 2. The Balaban J connectivity index is 2.14. The predicted octanol–water partition coefficient (Wildman–Crippen LogP) is -0.999. The van der Waals surface area contributed by atoms with Crippen LogP contribution in [0.4, 0.5) is 0 Å². The molecule has 11 heavy (non-hydrogen) atoms. The number of halogens is 1. The van der Waals surface area contributed by atoms with Crippen LogP contribution in [-0.4, -0.2) is 0 Å². The lowest BCUT2D eigenvalue weighted by Crippen LogP contribution is -3.61. The zero-order valence-electron chi connectivity index (χ0n) is 5.66. The number of hydrogen-bond donors (Lipinski definition) is 0. The Morgan fingerprint density at radius 1 is 0.909 bits per heavy atom. The van der Waals surface area contributed by atoms with Crippen molar-refractivity contribution in [2.75, 3.05) is 0 Å². The zero-order valence-corrected chi connectivity index (χ0v) is 7.82. The van der Waals surface area contributed by atoms with E-state index >= 15 is 0 Å². The van der Waals surface area contributed by atoms with E-state index in [4.69, 9.17) is 8.83 Å². The molecule has 0 N–H and O–H groups in total. The highest BCUT2D eigenvalue weighted by atomic mass is 127. The van der Waals surface area contributed by atoms with Crippen molar-refractivity contribution in [3.8, 4) is 0 Å². The van der Waals surface area contributed by atoms with E-state index in [1.165, 1.54) is 7.14 Å². The van der Waals surface area contributed by atoms with Crippen LogP contribution in [0, 0.1) is 7.14 Å². The summed E-state index contributed by atoms with van der Waals surface area (Å²) in [4.78, 5) is 0. The summed E-state index contributed by atoms with van der Waals surface area (Å²) < 4.78 is 12.5. The first kappa shape index (κ1) is 6.97. The Morgan fingerprint density at radius 2 is 1.45 bits per heavy atom. The largest absolute Gasteiger partial charge is 0.468 e. The second kappa shape index (κ2) is 3.13. The van der Waals surface area contributed by atoms with Gasteiger partial charge in [0.25, 0.3) is 0 Å². The smallest absolute Gasteiger partial charge is 0.365 e. The van der Waals surface area contributed by atoms with Gasteiger partial charge in [0.15, 0.2) is 0 Å². The van der Waals surface area contributed by atoms with Gasteiger partial charge in [-0.3, -0.25) is 0 Å². The van der Waals surface area contributed by atoms with Crippen molar-refractivity contribution in [3.63, 3.8) is 0 Å². The highest BCUT2D eigenvalue weighted by Crippen LogP contribution is 1.86. The number of hydrogen-bond acceptors (Lipinski definition) is 2. The van der Waals surface area contributed by atoms with Gasteiger partial charge in [0.2, 0.25) is 7.14 Å². The van der Waals surface area contributed by atoms with E-state index < -0.39 is 0 Å². The van der Waals surface area contributed by atoms with Gasteiger partial charge in [-0.05, 0) is 0 Å². The van der Waals surface area contributed by atoms with Crippen LogP contribution in [0.2, 0.25) is 0 Å². The fourth-order valence-electron chi connectivity index (χ4n) is 0.729. The Bertz CT molecular complexity index is 264. The van der Waals surface area contributed by atoms with Crippen molar-refractivity contribution in [1.29, 1.82) is 0 Å². The molecule has 0 amide bonds. The maximum atomic E-state index is 4.96. The Morgan fingerprint density at radius 3 is 1.82 bits per heavy atom. The van der Waals surface area contributed by atoms with Gasteiger partial charge in [-0.1, -0.05) is 0 Å². The minimum atomic E-state index is -0.0836. The van der Waals surface area contributed by atoms with Crippen molar-refractivity contribution in [1.82, 2.24) is 0 Å². The molecule has 3 heteroatoms. The summed E-state index contributed by atoms with van der Waals surface area (Å²) >= 11 is -0.0836. The Hall–Kier alpha value is -0.710. The van der Waals surface area contributed by atoms with Crippen LogP contribution in [0.5, 0.6) is 0 Å². The Labute approximate surface area is 74.5 Å². The van der Waals surface area contributed by atoms with Gasteiger partial charge < -0.3 is 8.83 Å². The molecule has 0 fully saturated rings. The van der Waals surface area contributed by atoms with Gasteiger partial charge in [0.05, 0.1) is 12.5 Å². The molecular weight excluding hydrogens is 255 g/mol. The van der Waals surface area contributed by atoms with E-state index in [0.717, 1.165) is 0 Å². The second-order valence-electron chi connectivity index (χ2n) is 1.98. The molecule has 0 bridgehead atoms. The van der Waals surface area contributed by atoms with Crippen molar-refractivity contribution >= 4 is 0 Å². The molecule has 2 aromatic rings. The molecule has 0 saturated carbocycles. The second-order valence-corrected chi connectivity index (χ2v) is 5.01. The molecule has 0 aromatic carbocycles. The SMILES string of the molecule is c1cc([I+]c2ccoc2)co1. The summed E-state index contributed by atoms with van der Waals surface area (Å²) in [7, 11) is 0. The summed E-state index contributed by atoms with van der Waals surface area (Å²) in [6, 6.07) is 4.00. The first-order valence-electron chi connectivity index (χ1n) is 3.14. The molecule has 0 aliphatic rings. The van der Waals surface area contributed by atoms with Gasteiger partial charge in [-0.25, -0.2) is 0 Å². The third-order valence-electron chi connectivity index (χ3n) is 1.19. The molecule has 56 valence electrons. The molecule has 0 saturated heterocycles. The van der Waals surface area contributed by atoms with E-state index in [1.54, 1.807) is 25.1 Å². The fraction of sp³-hybridized carbons (Fsp3) is 0. The molecule has 2 nitrogen and oxygen atoms in total. The zero-order chi connectivity index (χ0) is 7.52. The van der Waals surface area contributed by atoms with Crippen molar-refractivity contribution in [3.05, 3.63) is 44.3 Å². The molecule has 2 heterocycles. The third-order valence-corrected chi connectivity index (χ3v) is 3.66.